The van der Waals surface area contributed by atoms with Crippen LogP contribution < -0.4 is 10.2 Å². The second-order valence-electron chi connectivity index (χ2n) is 3.53. The first-order valence-electron chi connectivity index (χ1n) is 5.47. The Balaban J connectivity index is 2.75. The van der Waals surface area contributed by atoms with Crippen molar-refractivity contribution in [1.29, 1.82) is 0 Å². The largest absolute Gasteiger partial charge is 0.400 e. The zero-order valence-corrected chi connectivity index (χ0v) is 10.8. The van der Waals surface area contributed by atoms with Gasteiger partial charge in [-0.2, -0.15) is 8.78 Å². The van der Waals surface area contributed by atoms with E-state index in [4.69, 9.17) is 0 Å². The van der Waals surface area contributed by atoms with Crippen molar-refractivity contribution in [2.75, 3.05) is 23.3 Å². The molecule has 0 aliphatic carbocycles. The molecule has 0 spiro atoms. The molecule has 0 atom stereocenters. The third-order valence-electron chi connectivity index (χ3n) is 2.35. The van der Waals surface area contributed by atoms with Gasteiger partial charge in [0.25, 0.3) is 0 Å². The maximum absolute atomic E-state index is 12.4. The van der Waals surface area contributed by atoms with Crippen LogP contribution in [0.2, 0.25) is 0 Å². The molecule has 0 radical (unpaired) electrons. The van der Waals surface area contributed by atoms with E-state index in [1.165, 1.54) is 12.3 Å². The van der Waals surface area contributed by atoms with Crippen LogP contribution in [0.5, 0.6) is 0 Å². The molecule has 0 bridgehead atoms. The van der Waals surface area contributed by atoms with Gasteiger partial charge in [0, 0.05) is 13.1 Å². The lowest BCUT2D eigenvalue weighted by molar-refractivity contribution is -0.130. The third-order valence-corrected chi connectivity index (χ3v) is 2.52. The minimum Gasteiger partial charge on any atom is -0.357 e. The molecule has 0 aliphatic rings. The van der Waals surface area contributed by atoms with Crippen molar-refractivity contribution < 1.29 is 13.6 Å². The van der Waals surface area contributed by atoms with Crippen molar-refractivity contribution in [2.24, 2.45) is 0 Å². The predicted molar refractivity (Wildman–Crippen MR) is 67.2 cm³/mol. The van der Waals surface area contributed by atoms with Gasteiger partial charge in [-0.3, -0.25) is 4.79 Å². The molecule has 18 heavy (non-hydrogen) atoms. The molecule has 0 aromatic carbocycles. The molecular formula is C11H14ClF2N3O. The fraction of sp³-hybridized carbons (Fsp3) is 0.455. The summed E-state index contributed by atoms with van der Waals surface area (Å²) in [7, 11) is 0. The number of amides is 1. The standard InChI is InChI=1S/C11H14ClF2N3O/c1-3-17(4-2)9-6-5-8(7-15-9)16-10(18)11(12,13)14/h5-7H,3-4H2,1-2H3,(H,16,18). The van der Waals surface area contributed by atoms with Crippen LogP contribution in [-0.2, 0) is 4.79 Å². The van der Waals surface area contributed by atoms with Crippen LogP contribution in [0, 0.1) is 0 Å². The summed E-state index contributed by atoms with van der Waals surface area (Å²) in [5, 5.41) is -1.94. The van der Waals surface area contributed by atoms with Crippen molar-refractivity contribution in [3.63, 3.8) is 0 Å². The lowest BCUT2D eigenvalue weighted by Gasteiger charge is -2.19. The highest BCUT2D eigenvalue weighted by molar-refractivity contribution is 6.33. The highest BCUT2D eigenvalue weighted by atomic mass is 35.5. The first-order chi connectivity index (χ1) is 8.38. The van der Waals surface area contributed by atoms with Crippen LogP contribution in [0.1, 0.15) is 13.8 Å². The number of carbonyl (C=O) groups excluding carboxylic acids is 1. The van der Waals surface area contributed by atoms with E-state index in [0.717, 1.165) is 18.9 Å². The zero-order valence-electron chi connectivity index (χ0n) is 10.1. The van der Waals surface area contributed by atoms with E-state index < -0.39 is 11.3 Å². The number of aromatic nitrogens is 1. The molecule has 0 saturated heterocycles. The molecule has 0 unspecified atom stereocenters. The Labute approximate surface area is 109 Å². The molecule has 0 saturated carbocycles. The molecule has 1 amide bonds. The van der Waals surface area contributed by atoms with E-state index in [0.29, 0.717) is 0 Å². The summed E-state index contributed by atoms with van der Waals surface area (Å²) < 4.78 is 24.9. The van der Waals surface area contributed by atoms with Crippen LogP contribution >= 0.6 is 11.6 Å². The van der Waals surface area contributed by atoms with E-state index in [1.54, 1.807) is 6.07 Å². The molecule has 1 aromatic heterocycles. The molecular weight excluding hydrogens is 264 g/mol. The maximum atomic E-state index is 12.4. The Morgan fingerprint density at radius 3 is 2.44 bits per heavy atom. The van der Waals surface area contributed by atoms with Gasteiger partial charge in [-0.15, -0.1) is 0 Å². The second kappa shape index (κ2) is 5.95. The van der Waals surface area contributed by atoms with Gasteiger partial charge in [-0.25, -0.2) is 4.98 Å². The topological polar surface area (TPSA) is 45.2 Å². The number of anilines is 2. The highest BCUT2D eigenvalue weighted by Gasteiger charge is 2.35. The number of carbonyl (C=O) groups is 1. The molecule has 1 heterocycles. The Morgan fingerprint density at radius 1 is 1.44 bits per heavy atom. The molecule has 0 fully saturated rings. The van der Waals surface area contributed by atoms with E-state index in [2.05, 4.69) is 16.6 Å². The Morgan fingerprint density at radius 2 is 2.06 bits per heavy atom. The van der Waals surface area contributed by atoms with Crippen molar-refractivity contribution in [3.05, 3.63) is 18.3 Å². The van der Waals surface area contributed by atoms with Crippen LogP contribution in [0.25, 0.3) is 0 Å². The molecule has 1 rings (SSSR count). The minimum atomic E-state index is -3.92. The van der Waals surface area contributed by atoms with E-state index in [9.17, 15) is 13.6 Å². The number of pyridine rings is 1. The Hall–Kier alpha value is -1.43. The Bertz CT molecular complexity index is 402. The van der Waals surface area contributed by atoms with Crippen LogP contribution in [0.3, 0.4) is 0 Å². The van der Waals surface area contributed by atoms with Crippen molar-refractivity contribution in [2.45, 2.75) is 19.2 Å². The van der Waals surface area contributed by atoms with Gasteiger partial charge in [0.2, 0.25) is 0 Å². The number of rotatable bonds is 5. The first kappa shape index (κ1) is 14.6. The molecule has 4 nitrogen and oxygen atoms in total. The quantitative estimate of drug-likeness (QED) is 0.842. The summed E-state index contributed by atoms with van der Waals surface area (Å²) in [6.45, 7) is 5.54. The lowest BCUT2D eigenvalue weighted by atomic mass is 10.3. The number of alkyl halides is 3. The third kappa shape index (κ3) is 3.80. The first-order valence-corrected chi connectivity index (χ1v) is 5.85. The normalized spacial score (nSPS) is 11.2. The van der Waals surface area contributed by atoms with Crippen LogP contribution in [0.4, 0.5) is 20.3 Å². The predicted octanol–water partition coefficient (Wildman–Crippen LogP) is 2.70. The van der Waals surface area contributed by atoms with Gasteiger partial charge in [-0.05, 0) is 37.6 Å². The summed E-state index contributed by atoms with van der Waals surface area (Å²) in [4.78, 5) is 17.0. The monoisotopic (exact) mass is 277 g/mol. The smallest absolute Gasteiger partial charge is 0.357 e. The average molecular weight is 278 g/mol. The fourth-order valence-corrected chi connectivity index (χ4v) is 1.44. The highest BCUT2D eigenvalue weighted by Crippen LogP contribution is 2.21. The van der Waals surface area contributed by atoms with E-state index in [-0.39, 0.29) is 5.69 Å². The SMILES string of the molecule is CCN(CC)c1ccc(NC(=O)C(F)(F)Cl)cn1. The fourth-order valence-electron chi connectivity index (χ4n) is 1.40. The second-order valence-corrected chi connectivity index (χ2v) is 4.00. The lowest BCUT2D eigenvalue weighted by Crippen LogP contribution is -2.29. The average Bonchev–Trinajstić information content (AvgIpc) is 2.31. The number of hydrogen-bond donors (Lipinski definition) is 1. The van der Waals surface area contributed by atoms with Crippen LogP contribution in [0.15, 0.2) is 18.3 Å². The van der Waals surface area contributed by atoms with Gasteiger partial charge in [0.15, 0.2) is 0 Å². The molecule has 100 valence electrons. The zero-order chi connectivity index (χ0) is 13.8. The number of hydrogen-bond acceptors (Lipinski definition) is 3. The van der Waals surface area contributed by atoms with E-state index in [1.807, 2.05) is 24.1 Å². The van der Waals surface area contributed by atoms with Gasteiger partial charge >= 0.3 is 11.3 Å². The van der Waals surface area contributed by atoms with Crippen LogP contribution in [-0.4, -0.2) is 29.4 Å². The summed E-state index contributed by atoms with van der Waals surface area (Å²) in [6.07, 6.45) is 1.31. The summed E-state index contributed by atoms with van der Waals surface area (Å²) in [6, 6.07) is 3.15. The molecule has 1 aromatic rings. The summed E-state index contributed by atoms with van der Waals surface area (Å²) >= 11 is 4.59. The van der Waals surface area contributed by atoms with E-state index >= 15 is 0 Å². The van der Waals surface area contributed by atoms with Gasteiger partial charge in [0.1, 0.15) is 5.82 Å². The van der Waals surface area contributed by atoms with Crippen molar-refractivity contribution >= 4 is 29.0 Å². The van der Waals surface area contributed by atoms with Crippen molar-refractivity contribution in [1.82, 2.24) is 4.98 Å². The van der Waals surface area contributed by atoms with Gasteiger partial charge < -0.3 is 10.2 Å². The van der Waals surface area contributed by atoms with Gasteiger partial charge in [-0.1, -0.05) is 0 Å². The summed E-state index contributed by atoms with van der Waals surface area (Å²) in [5.41, 5.74) is 0.177. The van der Waals surface area contributed by atoms with Crippen molar-refractivity contribution in [3.8, 4) is 0 Å². The molecule has 7 heteroatoms. The Kier molecular flexibility index (Phi) is 4.84. The molecule has 0 aliphatic heterocycles. The number of nitrogens with zero attached hydrogens (tertiary/aromatic N) is 2. The summed E-state index contributed by atoms with van der Waals surface area (Å²) in [5.74, 6) is -0.850. The molecule has 1 N–H and O–H groups in total. The minimum absolute atomic E-state index is 0.177. The van der Waals surface area contributed by atoms with Gasteiger partial charge in [0.05, 0.1) is 11.9 Å². The number of halogens is 3. The number of nitrogens with one attached hydrogen (secondary N) is 1. The maximum Gasteiger partial charge on any atom is 0.400 e.